The van der Waals surface area contributed by atoms with E-state index in [1.165, 1.54) is 0 Å². The molecule has 0 bridgehead atoms. The molecule has 1 aliphatic heterocycles. The molecule has 1 fully saturated rings. The van der Waals surface area contributed by atoms with Crippen LogP contribution in [-0.4, -0.2) is 69.8 Å². The molecular formula is C19H26N4O3. The van der Waals surface area contributed by atoms with Crippen molar-refractivity contribution in [3.8, 4) is 5.75 Å². The van der Waals surface area contributed by atoms with Crippen LogP contribution < -0.4 is 4.74 Å². The van der Waals surface area contributed by atoms with E-state index in [1.807, 2.05) is 31.3 Å². The summed E-state index contributed by atoms with van der Waals surface area (Å²) >= 11 is 0. The number of likely N-dealkylation sites (N-methyl/N-ethyl adjacent to an activating group) is 1. The summed E-state index contributed by atoms with van der Waals surface area (Å²) in [7, 11) is 3.63. The van der Waals surface area contributed by atoms with Crippen LogP contribution in [0.25, 0.3) is 0 Å². The highest BCUT2D eigenvalue weighted by Crippen LogP contribution is 2.23. The molecule has 0 saturated carbocycles. The number of hydrogen-bond acceptors (Lipinski definition) is 5. The number of imidazole rings is 1. The van der Waals surface area contributed by atoms with E-state index >= 15 is 0 Å². The average Bonchev–Trinajstić information content (AvgIpc) is 3.25. The molecule has 2 heterocycles. The molecule has 3 rings (SSSR count). The van der Waals surface area contributed by atoms with Gasteiger partial charge in [-0.1, -0.05) is 12.1 Å². The second kappa shape index (κ2) is 7.88. The number of nitrogens with zero attached hydrogens (tertiary/aromatic N) is 4. The average molecular weight is 358 g/mol. The van der Waals surface area contributed by atoms with Gasteiger partial charge in [-0.05, 0) is 31.2 Å². The molecule has 1 aliphatic rings. The number of benzene rings is 1. The lowest BCUT2D eigenvalue weighted by Crippen LogP contribution is -2.44. The van der Waals surface area contributed by atoms with E-state index in [2.05, 4.69) is 9.88 Å². The maximum absolute atomic E-state index is 12.4. The molecule has 1 aromatic heterocycles. The highest BCUT2D eigenvalue weighted by molar-refractivity contribution is 5.76. The topological polar surface area (TPSA) is 70.8 Å². The van der Waals surface area contributed by atoms with Crippen molar-refractivity contribution in [1.29, 1.82) is 0 Å². The van der Waals surface area contributed by atoms with Gasteiger partial charge in [0.1, 0.15) is 12.3 Å². The first kappa shape index (κ1) is 18.4. The Labute approximate surface area is 153 Å². The zero-order chi connectivity index (χ0) is 18.6. The first-order valence-electron chi connectivity index (χ1n) is 8.75. The zero-order valence-corrected chi connectivity index (χ0v) is 15.3. The lowest BCUT2D eigenvalue weighted by molar-refractivity contribution is -0.131. The first-order chi connectivity index (χ1) is 12.5. The number of methoxy groups -OCH3 is 1. The summed E-state index contributed by atoms with van der Waals surface area (Å²) in [6.07, 6.45) is 5.64. The second-order valence-electron chi connectivity index (χ2n) is 7.05. The minimum absolute atomic E-state index is 0.0109. The number of ether oxygens (including phenoxy) is 1. The third-order valence-electron chi connectivity index (χ3n) is 4.74. The number of aromatic nitrogens is 2. The molecule has 1 aromatic carbocycles. The van der Waals surface area contributed by atoms with Crippen molar-refractivity contribution in [2.75, 3.05) is 33.8 Å². The van der Waals surface area contributed by atoms with E-state index in [9.17, 15) is 9.90 Å². The fourth-order valence-electron chi connectivity index (χ4n) is 3.44. The fourth-order valence-corrected chi connectivity index (χ4v) is 3.44. The quantitative estimate of drug-likeness (QED) is 0.799. The predicted octanol–water partition coefficient (Wildman–Crippen LogP) is 0.987. The molecule has 1 saturated heterocycles. The number of β-amino-alcohol motifs (C(OH)–C–C–N with tert-alkyl or cyclic N) is 1. The molecule has 1 amide bonds. The summed E-state index contributed by atoms with van der Waals surface area (Å²) in [4.78, 5) is 20.2. The van der Waals surface area contributed by atoms with Gasteiger partial charge in [-0.15, -0.1) is 0 Å². The molecule has 0 spiro atoms. The summed E-state index contributed by atoms with van der Waals surface area (Å²) in [6, 6.07) is 7.91. The van der Waals surface area contributed by atoms with Gasteiger partial charge in [-0.2, -0.15) is 0 Å². The molecule has 7 nitrogen and oxygen atoms in total. The van der Waals surface area contributed by atoms with E-state index in [0.717, 1.165) is 17.9 Å². The summed E-state index contributed by atoms with van der Waals surface area (Å²) in [5.41, 5.74) is 0.286. The predicted molar refractivity (Wildman–Crippen MR) is 97.7 cm³/mol. The lowest BCUT2D eigenvalue weighted by Gasteiger charge is -2.29. The van der Waals surface area contributed by atoms with E-state index in [-0.39, 0.29) is 12.5 Å². The summed E-state index contributed by atoms with van der Waals surface area (Å²) < 4.78 is 6.92. The Bertz CT molecular complexity index is 717. The largest absolute Gasteiger partial charge is 0.497 e. The van der Waals surface area contributed by atoms with Crippen LogP contribution in [0.2, 0.25) is 0 Å². The van der Waals surface area contributed by atoms with E-state index < -0.39 is 5.60 Å². The molecule has 2 aromatic rings. The van der Waals surface area contributed by atoms with E-state index in [1.54, 1.807) is 35.3 Å². The van der Waals surface area contributed by atoms with Gasteiger partial charge in [-0.25, -0.2) is 4.98 Å². The maximum Gasteiger partial charge on any atom is 0.242 e. The SMILES string of the molecule is COc1ccc(CN(C)C[C@]2(O)CCN(C(=O)Cn3ccnc3)C2)cc1. The Morgan fingerprint density at radius 3 is 2.81 bits per heavy atom. The maximum atomic E-state index is 12.4. The van der Waals surface area contributed by atoms with Gasteiger partial charge in [0.15, 0.2) is 0 Å². The summed E-state index contributed by atoms with van der Waals surface area (Å²) in [5.74, 6) is 0.842. The van der Waals surface area contributed by atoms with Gasteiger partial charge in [0, 0.05) is 32.0 Å². The first-order valence-corrected chi connectivity index (χ1v) is 8.75. The monoisotopic (exact) mass is 358 g/mol. The highest BCUT2D eigenvalue weighted by atomic mass is 16.5. The van der Waals surface area contributed by atoms with Crippen LogP contribution in [0.4, 0.5) is 0 Å². The van der Waals surface area contributed by atoms with Crippen LogP contribution in [0.15, 0.2) is 43.0 Å². The molecule has 0 unspecified atom stereocenters. The number of carbonyl (C=O) groups excluding carboxylic acids is 1. The van der Waals surface area contributed by atoms with Crippen molar-refractivity contribution in [2.45, 2.75) is 25.1 Å². The molecule has 26 heavy (non-hydrogen) atoms. The Kier molecular flexibility index (Phi) is 5.58. The summed E-state index contributed by atoms with van der Waals surface area (Å²) in [6.45, 7) is 2.47. The van der Waals surface area contributed by atoms with Gasteiger partial charge in [-0.3, -0.25) is 9.69 Å². The van der Waals surface area contributed by atoms with Crippen LogP contribution in [-0.2, 0) is 17.9 Å². The molecule has 0 aliphatic carbocycles. The lowest BCUT2D eigenvalue weighted by atomic mass is 10.0. The van der Waals surface area contributed by atoms with Crippen LogP contribution in [0.1, 0.15) is 12.0 Å². The van der Waals surface area contributed by atoms with Crippen molar-refractivity contribution >= 4 is 5.91 Å². The van der Waals surface area contributed by atoms with Crippen LogP contribution in [0.5, 0.6) is 5.75 Å². The van der Waals surface area contributed by atoms with Crippen LogP contribution in [0, 0.1) is 0 Å². The molecule has 1 atom stereocenters. The van der Waals surface area contributed by atoms with Crippen molar-refractivity contribution in [1.82, 2.24) is 19.4 Å². The summed E-state index contributed by atoms with van der Waals surface area (Å²) in [5, 5.41) is 10.9. The van der Waals surface area contributed by atoms with Crippen LogP contribution >= 0.6 is 0 Å². The number of carbonyl (C=O) groups is 1. The molecular weight excluding hydrogens is 332 g/mol. The van der Waals surface area contributed by atoms with E-state index in [0.29, 0.717) is 26.1 Å². The third-order valence-corrected chi connectivity index (χ3v) is 4.74. The molecule has 0 radical (unpaired) electrons. The Balaban J connectivity index is 1.51. The fraction of sp³-hybridized carbons (Fsp3) is 0.474. The minimum Gasteiger partial charge on any atom is -0.497 e. The second-order valence-corrected chi connectivity index (χ2v) is 7.05. The molecule has 7 heteroatoms. The van der Waals surface area contributed by atoms with Gasteiger partial charge >= 0.3 is 0 Å². The van der Waals surface area contributed by atoms with Crippen molar-refractivity contribution < 1.29 is 14.6 Å². The highest BCUT2D eigenvalue weighted by Gasteiger charge is 2.38. The Morgan fingerprint density at radius 2 is 2.15 bits per heavy atom. The number of amides is 1. The van der Waals surface area contributed by atoms with Crippen molar-refractivity contribution in [3.05, 3.63) is 48.5 Å². The van der Waals surface area contributed by atoms with E-state index in [4.69, 9.17) is 4.74 Å². The third kappa shape index (κ3) is 4.62. The molecule has 140 valence electrons. The number of rotatable bonds is 7. The minimum atomic E-state index is -0.869. The van der Waals surface area contributed by atoms with Gasteiger partial charge in [0.25, 0.3) is 0 Å². The smallest absolute Gasteiger partial charge is 0.242 e. The Morgan fingerprint density at radius 1 is 1.38 bits per heavy atom. The van der Waals surface area contributed by atoms with Crippen molar-refractivity contribution in [2.24, 2.45) is 0 Å². The van der Waals surface area contributed by atoms with Gasteiger partial charge < -0.3 is 19.3 Å². The zero-order valence-electron chi connectivity index (χ0n) is 15.3. The van der Waals surface area contributed by atoms with Gasteiger partial charge in [0.2, 0.25) is 5.91 Å². The number of likely N-dealkylation sites (tertiary alicyclic amines) is 1. The molecule has 1 N–H and O–H groups in total. The van der Waals surface area contributed by atoms with Crippen molar-refractivity contribution in [3.63, 3.8) is 0 Å². The standard InChI is InChI=1S/C19H26N4O3/c1-21(11-16-3-5-17(26-2)6-4-16)13-19(25)7-9-23(14-19)18(24)12-22-10-8-20-15-22/h3-6,8,10,15,25H,7,9,11-14H2,1-2H3/t19-/m1/s1. The number of aliphatic hydroxyl groups is 1. The van der Waals surface area contributed by atoms with Crippen LogP contribution in [0.3, 0.4) is 0 Å². The Hall–Kier alpha value is -2.38. The van der Waals surface area contributed by atoms with Gasteiger partial charge in [0.05, 0.1) is 25.6 Å². The number of hydrogen-bond donors (Lipinski definition) is 1. The normalized spacial score (nSPS) is 19.9.